The summed E-state index contributed by atoms with van der Waals surface area (Å²) in [6.07, 6.45) is 5.34. The van der Waals surface area contributed by atoms with E-state index in [9.17, 15) is 13.6 Å². The van der Waals surface area contributed by atoms with Crippen molar-refractivity contribution >= 4 is 22.7 Å². The molecule has 28 heavy (non-hydrogen) atoms. The third kappa shape index (κ3) is 2.77. The largest absolute Gasteiger partial charge is 0.273 e. The molecule has 1 fully saturated rings. The van der Waals surface area contributed by atoms with Crippen LogP contribution in [0.15, 0.2) is 47.6 Å². The molecule has 3 aliphatic rings. The van der Waals surface area contributed by atoms with Gasteiger partial charge in [-0.25, -0.2) is 13.8 Å². The molecule has 2 aliphatic carbocycles. The van der Waals surface area contributed by atoms with Crippen LogP contribution in [0.25, 0.3) is 0 Å². The van der Waals surface area contributed by atoms with Crippen LogP contribution in [0, 0.1) is 17.6 Å². The average Bonchev–Trinajstić information content (AvgIpc) is 3.23. The number of hydrazone groups is 1. The Balaban J connectivity index is 1.57. The number of nitrogens with zero attached hydrogens (tertiary/aromatic N) is 2. The molecule has 2 aromatic rings. The van der Waals surface area contributed by atoms with Crippen molar-refractivity contribution < 1.29 is 13.6 Å². The van der Waals surface area contributed by atoms with Crippen molar-refractivity contribution in [2.75, 3.05) is 0 Å². The molecular weight excluding hydrogens is 378 g/mol. The van der Waals surface area contributed by atoms with Crippen molar-refractivity contribution in [3.05, 3.63) is 70.8 Å². The van der Waals surface area contributed by atoms with Crippen LogP contribution in [-0.2, 0) is 16.1 Å². The van der Waals surface area contributed by atoms with Crippen molar-refractivity contribution in [2.45, 2.75) is 43.4 Å². The van der Waals surface area contributed by atoms with Gasteiger partial charge in [0.25, 0.3) is 0 Å². The van der Waals surface area contributed by atoms with E-state index in [1.807, 2.05) is 18.2 Å². The van der Waals surface area contributed by atoms with E-state index >= 15 is 0 Å². The predicted molar refractivity (Wildman–Crippen MR) is 106 cm³/mol. The van der Waals surface area contributed by atoms with E-state index in [-0.39, 0.29) is 11.5 Å². The number of amides is 1. The zero-order chi connectivity index (χ0) is 19.3. The predicted octanol–water partition coefficient (Wildman–Crippen LogP) is 5.19. The Morgan fingerprint density at radius 1 is 1.21 bits per heavy atom. The summed E-state index contributed by atoms with van der Waals surface area (Å²) in [5, 5.41) is 6.50. The molecular formula is C22H20F2N2OS. The maximum Gasteiger partial charge on any atom is 0.244 e. The summed E-state index contributed by atoms with van der Waals surface area (Å²) in [6, 6.07) is 11.4. The van der Waals surface area contributed by atoms with Crippen molar-refractivity contribution in [2.24, 2.45) is 11.0 Å². The Kier molecular flexibility index (Phi) is 4.27. The summed E-state index contributed by atoms with van der Waals surface area (Å²) >= 11 is 1.38. The van der Waals surface area contributed by atoms with Gasteiger partial charge in [0.05, 0.1) is 0 Å². The normalized spacial score (nSPS) is 23.6. The maximum atomic E-state index is 14.4. The van der Waals surface area contributed by atoms with E-state index in [1.54, 1.807) is 5.01 Å². The second-order valence-electron chi connectivity index (χ2n) is 7.78. The lowest BCUT2D eigenvalue weighted by Gasteiger charge is -2.34. The highest BCUT2D eigenvalue weighted by Crippen LogP contribution is 2.55. The van der Waals surface area contributed by atoms with Gasteiger partial charge in [-0.2, -0.15) is 5.10 Å². The quantitative estimate of drug-likeness (QED) is 0.713. The summed E-state index contributed by atoms with van der Waals surface area (Å²) in [7, 11) is 0. The van der Waals surface area contributed by atoms with E-state index in [4.69, 9.17) is 0 Å². The van der Waals surface area contributed by atoms with Gasteiger partial charge in [-0.05, 0) is 60.9 Å². The minimum atomic E-state index is -0.661. The molecule has 1 atom stereocenters. The van der Waals surface area contributed by atoms with Gasteiger partial charge in [0, 0.05) is 12.0 Å². The highest BCUT2D eigenvalue weighted by Gasteiger charge is 2.52. The maximum absolute atomic E-state index is 14.4. The molecule has 1 saturated carbocycles. The van der Waals surface area contributed by atoms with Gasteiger partial charge >= 0.3 is 0 Å². The van der Waals surface area contributed by atoms with Gasteiger partial charge in [0.15, 0.2) is 0 Å². The van der Waals surface area contributed by atoms with Gasteiger partial charge in [-0.1, -0.05) is 42.4 Å². The van der Waals surface area contributed by atoms with E-state index in [1.165, 1.54) is 23.7 Å². The average molecular weight is 398 g/mol. The molecule has 144 valence electrons. The molecule has 1 heterocycles. The lowest BCUT2D eigenvalue weighted by Crippen LogP contribution is -2.41. The third-order valence-corrected chi connectivity index (χ3v) is 7.48. The van der Waals surface area contributed by atoms with E-state index in [2.05, 4.69) is 11.2 Å². The van der Waals surface area contributed by atoms with Crippen molar-refractivity contribution in [3.63, 3.8) is 0 Å². The fraction of sp³-hybridized carbons (Fsp3) is 0.364. The monoisotopic (exact) mass is 398 g/mol. The standard InChI is InChI=1S/C22H20F2N2OS/c23-16-8-9-19(24)17(13-16)21-25-26(20(27)12-14-4-3-5-14)22(28-21)11-10-15-6-1-2-7-18(15)22/h1-2,6-9,13-14H,3-5,10-12H2. The van der Waals surface area contributed by atoms with Crippen LogP contribution < -0.4 is 0 Å². The molecule has 0 bridgehead atoms. The van der Waals surface area contributed by atoms with Gasteiger partial charge in [0.2, 0.25) is 5.91 Å². The number of hydrogen-bond acceptors (Lipinski definition) is 3. The highest BCUT2D eigenvalue weighted by atomic mass is 32.2. The van der Waals surface area contributed by atoms with Crippen LogP contribution >= 0.6 is 11.8 Å². The van der Waals surface area contributed by atoms with E-state index in [0.717, 1.165) is 49.4 Å². The Morgan fingerprint density at radius 3 is 2.82 bits per heavy atom. The van der Waals surface area contributed by atoms with Crippen LogP contribution in [-0.4, -0.2) is 16.0 Å². The van der Waals surface area contributed by atoms with Crippen LogP contribution in [0.4, 0.5) is 8.78 Å². The number of benzene rings is 2. The molecule has 6 heteroatoms. The van der Waals surface area contributed by atoms with Crippen molar-refractivity contribution in [1.82, 2.24) is 5.01 Å². The molecule has 0 saturated heterocycles. The van der Waals surface area contributed by atoms with Gasteiger partial charge in [-0.15, -0.1) is 0 Å². The highest BCUT2D eigenvalue weighted by molar-refractivity contribution is 8.15. The number of thioether (sulfide) groups is 1. The van der Waals surface area contributed by atoms with E-state index in [0.29, 0.717) is 17.4 Å². The minimum absolute atomic E-state index is 0.0271. The van der Waals surface area contributed by atoms with Crippen LogP contribution in [0.1, 0.15) is 48.8 Å². The first-order valence-electron chi connectivity index (χ1n) is 9.71. The number of halogens is 2. The zero-order valence-corrected chi connectivity index (χ0v) is 16.1. The summed E-state index contributed by atoms with van der Waals surface area (Å²) in [6.45, 7) is 0. The SMILES string of the molecule is O=C(CC1CCC1)N1N=C(c2cc(F)ccc2F)SC12CCc1ccccc12. The number of carbonyl (C=O) groups excluding carboxylic acids is 1. The van der Waals surface area contributed by atoms with E-state index < -0.39 is 16.5 Å². The topological polar surface area (TPSA) is 32.7 Å². The first-order valence-corrected chi connectivity index (χ1v) is 10.5. The van der Waals surface area contributed by atoms with Crippen molar-refractivity contribution in [1.29, 1.82) is 0 Å². The van der Waals surface area contributed by atoms with Crippen LogP contribution in [0.2, 0.25) is 0 Å². The number of hydrogen-bond donors (Lipinski definition) is 0. The molecule has 1 unspecified atom stereocenters. The third-order valence-electron chi connectivity index (χ3n) is 6.05. The summed E-state index contributed by atoms with van der Waals surface area (Å²) in [5.74, 6) is -0.653. The van der Waals surface area contributed by atoms with Gasteiger partial charge in [0.1, 0.15) is 21.5 Å². The first kappa shape index (κ1) is 17.9. The minimum Gasteiger partial charge on any atom is -0.273 e. The molecule has 5 rings (SSSR count). The number of aryl methyl sites for hydroxylation is 1. The zero-order valence-electron chi connectivity index (χ0n) is 15.3. The lowest BCUT2D eigenvalue weighted by molar-refractivity contribution is -0.136. The summed E-state index contributed by atoms with van der Waals surface area (Å²) in [5.41, 5.74) is 2.36. The second-order valence-corrected chi connectivity index (χ2v) is 9.05. The number of carbonyl (C=O) groups is 1. The molecule has 3 nitrogen and oxygen atoms in total. The second kappa shape index (κ2) is 6.69. The Bertz CT molecular complexity index is 988. The van der Waals surface area contributed by atoms with Gasteiger partial charge < -0.3 is 0 Å². The summed E-state index contributed by atoms with van der Waals surface area (Å²) in [4.78, 5) is 12.5. The Hall–Kier alpha value is -2.21. The smallest absolute Gasteiger partial charge is 0.244 e. The first-order chi connectivity index (χ1) is 13.6. The fourth-order valence-electron chi connectivity index (χ4n) is 4.34. The lowest BCUT2D eigenvalue weighted by atomic mass is 9.82. The fourth-order valence-corrected chi connectivity index (χ4v) is 5.79. The molecule has 1 amide bonds. The van der Waals surface area contributed by atoms with Gasteiger partial charge in [-0.3, -0.25) is 4.79 Å². The molecule has 2 aromatic carbocycles. The molecule has 1 spiro atoms. The van der Waals surface area contributed by atoms with Crippen LogP contribution in [0.5, 0.6) is 0 Å². The molecule has 0 radical (unpaired) electrons. The van der Waals surface area contributed by atoms with Crippen LogP contribution in [0.3, 0.4) is 0 Å². The molecule has 0 N–H and O–H groups in total. The Morgan fingerprint density at radius 2 is 2.04 bits per heavy atom. The molecule has 0 aromatic heterocycles. The summed E-state index contributed by atoms with van der Waals surface area (Å²) < 4.78 is 28.2. The number of fused-ring (bicyclic) bond motifs is 2. The Labute approximate surface area is 166 Å². The van der Waals surface area contributed by atoms with Crippen molar-refractivity contribution in [3.8, 4) is 0 Å². The number of rotatable bonds is 3. The molecule has 1 aliphatic heterocycles.